The second-order valence-corrected chi connectivity index (χ2v) is 13.2. The second kappa shape index (κ2) is 11.2. The zero-order valence-electron chi connectivity index (χ0n) is 27.4. The molecule has 2 aliphatic rings. The standard InChI is InChI=1S/C35H34ClN7O5/c1-8-24(44)41-15-23-33(45)40(7)30-29(42(23)14-19(41)6)20-13-21(36)27(25-17(4)9-10-22-31(25)48-35(47)38-22)39-32(20)43(34(30)46)28-18(5)11-12-37-26(28)16(2)3/h8-13,16,19,23H,1,14-15H2,2-7H3,(H,38,47). The molecule has 2 aliphatic heterocycles. The molecule has 13 heteroatoms. The summed E-state index contributed by atoms with van der Waals surface area (Å²) in [4.78, 5) is 71.4. The number of benzene rings is 1. The van der Waals surface area contributed by atoms with Gasteiger partial charge in [0, 0.05) is 36.8 Å². The molecule has 7 rings (SSSR count). The number of nitrogens with one attached hydrogen (secondary N) is 1. The number of aromatic nitrogens is 4. The number of pyridine rings is 3. The number of rotatable bonds is 4. The lowest BCUT2D eigenvalue weighted by Crippen LogP contribution is -2.66. The highest BCUT2D eigenvalue weighted by Gasteiger charge is 2.46. The Hall–Kier alpha value is -5.23. The summed E-state index contributed by atoms with van der Waals surface area (Å²) >= 11 is 7.11. The molecule has 1 saturated heterocycles. The van der Waals surface area contributed by atoms with Gasteiger partial charge in [0.2, 0.25) is 5.91 Å². The zero-order valence-corrected chi connectivity index (χ0v) is 28.2. The van der Waals surface area contributed by atoms with Crippen LogP contribution in [-0.2, 0) is 9.59 Å². The van der Waals surface area contributed by atoms with Crippen LogP contribution >= 0.6 is 11.6 Å². The van der Waals surface area contributed by atoms with E-state index in [2.05, 4.69) is 16.5 Å². The number of hydrogen-bond donors (Lipinski definition) is 1. The molecule has 0 radical (unpaired) electrons. The molecule has 0 spiro atoms. The Balaban J connectivity index is 1.62. The molecule has 6 heterocycles. The summed E-state index contributed by atoms with van der Waals surface area (Å²) in [6.07, 6.45) is 2.95. The molecule has 246 valence electrons. The number of fused-ring (bicyclic) bond motifs is 6. The van der Waals surface area contributed by atoms with Crippen LogP contribution in [0.1, 0.15) is 43.5 Å². The fourth-order valence-electron chi connectivity index (χ4n) is 7.12. The van der Waals surface area contributed by atoms with Gasteiger partial charge in [0.15, 0.2) is 11.2 Å². The number of carbonyl (C=O) groups is 2. The Morgan fingerprint density at radius 2 is 1.85 bits per heavy atom. The fourth-order valence-corrected chi connectivity index (χ4v) is 7.36. The van der Waals surface area contributed by atoms with Crippen LogP contribution in [0.25, 0.3) is 39.1 Å². The van der Waals surface area contributed by atoms with Crippen molar-refractivity contribution in [2.24, 2.45) is 0 Å². The number of likely N-dealkylation sites (N-methyl/N-ethyl adjacent to an activating group) is 1. The lowest BCUT2D eigenvalue weighted by Gasteiger charge is -2.49. The van der Waals surface area contributed by atoms with E-state index in [1.807, 2.05) is 51.7 Å². The topological polar surface area (TPSA) is 138 Å². The van der Waals surface area contributed by atoms with E-state index in [9.17, 15) is 14.4 Å². The Bertz CT molecular complexity index is 2340. The van der Waals surface area contributed by atoms with Gasteiger partial charge in [0.05, 0.1) is 39.8 Å². The largest absolute Gasteiger partial charge is 0.417 e. The Morgan fingerprint density at radius 3 is 2.56 bits per heavy atom. The van der Waals surface area contributed by atoms with Crippen molar-refractivity contribution in [1.29, 1.82) is 0 Å². The summed E-state index contributed by atoms with van der Waals surface area (Å²) in [5, 5.41) is 0.794. The molecular formula is C35H34ClN7O5. The van der Waals surface area contributed by atoms with Crippen LogP contribution in [-0.4, -0.2) is 68.5 Å². The summed E-state index contributed by atoms with van der Waals surface area (Å²) in [6, 6.07) is 6.13. The summed E-state index contributed by atoms with van der Waals surface area (Å²) < 4.78 is 7.09. The molecule has 1 aromatic carbocycles. The van der Waals surface area contributed by atoms with Crippen molar-refractivity contribution in [3.63, 3.8) is 0 Å². The first-order valence-corrected chi connectivity index (χ1v) is 16.1. The number of hydrogen-bond acceptors (Lipinski definition) is 8. The third kappa shape index (κ3) is 4.50. The highest BCUT2D eigenvalue weighted by atomic mass is 35.5. The number of aryl methyl sites for hydroxylation is 2. The fraction of sp³-hybridized carbons (Fsp3) is 0.314. The van der Waals surface area contributed by atoms with Gasteiger partial charge in [0.1, 0.15) is 11.7 Å². The van der Waals surface area contributed by atoms with Crippen LogP contribution < -0.4 is 21.1 Å². The maximum atomic E-state index is 15.0. The molecule has 2 amide bonds. The quantitative estimate of drug-likeness (QED) is 0.269. The number of carbonyl (C=O) groups excluding carboxylic acids is 2. The first-order valence-electron chi connectivity index (χ1n) is 15.7. The van der Waals surface area contributed by atoms with E-state index in [1.54, 1.807) is 30.3 Å². The maximum absolute atomic E-state index is 15.0. The Labute approximate surface area is 280 Å². The predicted molar refractivity (Wildman–Crippen MR) is 185 cm³/mol. The molecular weight excluding hydrogens is 634 g/mol. The Morgan fingerprint density at radius 1 is 1.10 bits per heavy atom. The number of piperazine rings is 1. The van der Waals surface area contributed by atoms with Gasteiger partial charge in [0.25, 0.3) is 11.5 Å². The van der Waals surface area contributed by atoms with E-state index in [0.29, 0.717) is 50.5 Å². The average molecular weight is 668 g/mol. The van der Waals surface area contributed by atoms with Crippen molar-refractivity contribution in [3.05, 3.63) is 85.9 Å². The molecule has 0 bridgehead atoms. The summed E-state index contributed by atoms with van der Waals surface area (Å²) in [7, 11) is 1.58. The van der Waals surface area contributed by atoms with Gasteiger partial charge >= 0.3 is 5.76 Å². The van der Waals surface area contributed by atoms with Crippen molar-refractivity contribution >= 4 is 56.9 Å². The first-order chi connectivity index (χ1) is 22.8. The SMILES string of the molecule is C=CC(=O)N1CC2C(=O)N(C)c3c(c4cc(Cl)c(-c5c(C)ccc6[nH]c(=O)oc56)nc4n(-c4c(C)ccnc4C(C)C)c3=O)N2CC1C. The molecule has 1 N–H and O–H groups in total. The molecule has 0 saturated carbocycles. The molecule has 1 fully saturated rings. The Kier molecular flexibility index (Phi) is 7.31. The molecule has 12 nitrogen and oxygen atoms in total. The van der Waals surface area contributed by atoms with Gasteiger partial charge in [-0.2, -0.15) is 0 Å². The number of aromatic amines is 1. The van der Waals surface area contributed by atoms with E-state index in [-0.39, 0.29) is 47.6 Å². The summed E-state index contributed by atoms with van der Waals surface area (Å²) in [6.45, 7) is 13.7. The number of amides is 2. The smallest absolute Gasteiger partial charge is 0.407 e. The number of nitrogens with zero attached hydrogens (tertiary/aromatic N) is 6. The van der Waals surface area contributed by atoms with Gasteiger partial charge in [-0.3, -0.25) is 28.9 Å². The number of H-pyrrole nitrogens is 1. The van der Waals surface area contributed by atoms with Crippen LogP contribution in [0.3, 0.4) is 0 Å². The van der Waals surface area contributed by atoms with Crippen LogP contribution in [0.2, 0.25) is 5.02 Å². The summed E-state index contributed by atoms with van der Waals surface area (Å²) in [5.41, 5.74) is 4.93. The first kappa shape index (κ1) is 31.4. The van der Waals surface area contributed by atoms with Crippen molar-refractivity contribution < 1.29 is 14.0 Å². The van der Waals surface area contributed by atoms with Crippen molar-refractivity contribution in [2.45, 2.75) is 52.6 Å². The van der Waals surface area contributed by atoms with Gasteiger partial charge in [-0.25, -0.2) is 9.78 Å². The molecule has 4 aromatic heterocycles. The van der Waals surface area contributed by atoms with E-state index in [1.165, 1.54) is 15.5 Å². The van der Waals surface area contributed by atoms with Crippen molar-refractivity contribution in [1.82, 2.24) is 24.4 Å². The van der Waals surface area contributed by atoms with Crippen LogP contribution in [0.15, 0.2) is 57.1 Å². The third-order valence-electron chi connectivity index (χ3n) is 9.45. The predicted octanol–water partition coefficient (Wildman–Crippen LogP) is 4.84. The van der Waals surface area contributed by atoms with Gasteiger partial charge in [-0.1, -0.05) is 38.1 Å². The molecule has 48 heavy (non-hydrogen) atoms. The number of halogens is 1. The van der Waals surface area contributed by atoms with E-state index in [0.717, 1.165) is 11.1 Å². The summed E-state index contributed by atoms with van der Waals surface area (Å²) in [5.74, 6) is -1.26. The second-order valence-electron chi connectivity index (χ2n) is 12.8. The third-order valence-corrected chi connectivity index (χ3v) is 9.73. The average Bonchev–Trinajstić information content (AvgIpc) is 3.43. The highest BCUT2D eigenvalue weighted by Crippen LogP contribution is 2.44. The van der Waals surface area contributed by atoms with Crippen LogP contribution in [0.5, 0.6) is 0 Å². The zero-order chi connectivity index (χ0) is 34.3. The lowest BCUT2D eigenvalue weighted by molar-refractivity contribution is -0.130. The maximum Gasteiger partial charge on any atom is 0.417 e. The van der Waals surface area contributed by atoms with Crippen LogP contribution in [0, 0.1) is 13.8 Å². The minimum atomic E-state index is -0.754. The monoisotopic (exact) mass is 667 g/mol. The minimum absolute atomic E-state index is 0.0603. The lowest BCUT2D eigenvalue weighted by atomic mass is 9.97. The molecule has 2 unspecified atom stereocenters. The van der Waals surface area contributed by atoms with Gasteiger partial charge in [-0.05, 0) is 62.1 Å². The molecule has 2 atom stereocenters. The van der Waals surface area contributed by atoms with Crippen molar-refractivity contribution in [3.8, 4) is 16.9 Å². The van der Waals surface area contributed by atoms with E-state index in [4.69, 9.17) is 21.0 Å². The minimum Gasteiger partial charge on any atom is -0.407 e. The van der Waals surface area contributed by atoms with Crippen molar-refractivity contribution in [2.75, 3.05) is 29.9 Å². The van der Waals surface area contributed by atoms with E-state index < -0.39 is 17.4 Å². The van der Waals surface area contributed by atoms with Crippen LogP contribution in [0.4, 0.5) is 11.4 Å². The number of anilines is 2. The highest BCUT2D eigenvalue weighted by molar-refractivity contribution is 6.34. The van der Waals surface area contributed by atoms with Gasteiger partial charge in [-0.15, -0.1) is 0 Å². The van der Waals surface area contributed by atoms with E-state index >= 15 is 4.79 Å². The number of oxazole rings is 1. The molecule has 0 aliphatic carbocycles. The normalized spacial score (nSPS) is 17.8. The molecule has 5 aromatic rings. The van der Waals surface area contributed by atoms with Gasteiger partial charge < -0.3 is 19.1 Å².